The van der Waals surface area contributed by atoms with Gasteiger partial charge in [0.1, 0.15) is 0 Å². The van der Waals surface area contributed by atoms with E-state index < -0.39 is 0 Å². The minimum atomic E-state index is 0.0764. The summed E-state index contributed by atoms with van der Waals surface area (Å²) in [6.45, 7) is 1.85. The predicted octanol–water partition coefficient (Wildman–Crippen LogP) is 0.191. The second-order valence-corrected chi connectivity index (χ2v) is 3.35. The van der Waals surface area contributed by atoms with Crippen molar-refractivity contribution in [3.05, 3.63) is 0 Å². The van der Waals surface area contributed by atoms with Gasteiger partial charge in [-0.05, 0) is 18.7 Å². The van der Waals surface area contributed by atoms with Crippen LogP contribution in [0.2, 0.25) is 0 Å². The Kier molecular flexibility index (Phi) is 3.08. The molecule has 1 unspecified atom stereocenters. The Morgan fingerprint density at radius 2 is 2.56 bits per heavy atom. The zero-order valence-corrected chi connectivity index (χ0v) is 6.04. The average molecular weight is 144 g/mol. The Labute approximate surface area is 59.4 Å². The molecule has 1 radical (unpaired) electrons. The van der Waals surface area contributed by atoms with E-state index in [0.29, 0.717) is 0 Å². The highest BCUT2D eigenvalue weighted by atomic mass is 32.2. The van der Waals surface area contributed by atoms with Crippen LogP contribution in [0.25, 0.3) is 0 Å². The van der Waals surface area contributed by atoms with Crippen LogP contribution in [0, 0.1) is 0 Å². The van der Waals surface area contributed by atoms with E-state index in [1.807, 2.05) is 6.29 Å². The number of thioether (sulfide) groups is 1. The molecule has 2 nitrogen and oxygen atoms in total. The van der Waals surface area contributed by atoms with Gasteiger partial charge in [-0.3, -0.25) is 4.79 Å². The Bertz CT molecular complexity index is 89.1. The summed E-state index contributed by atoms with van der Waals surface area (Å²) in [5.41, 5.74) is 0. The van der Waals surface area contributed by atoms with Gasteiger partial charge in [0.15, 0.2) is 0 Å². The summed E-state index contributed by atoms with van der Waals surface area (Å²) in [7, 11) is 0. The molecule has 0 aromatic rings. The van der Waals surface area contributed by atoms with Gasteiger partial charge in [-0.2, -0.15) is 0 Å². The van der Waals surface area contributed by atoms with Gasteiger partial charge < -0.3 is 5.32 Å². The normalized spacial score (nSPS) is 29.1. The van der Waals surface area contributed by atoms with Gasteiger partial charge >= 0.3 is 0 Å². The quantitative estimate of drug-likeness (QED) is 0.569. The molecule has 9 heavy (non-hydrogen) atoms. The third-order valence-corrected chi connectivity index (χ3v) is 2.47. The number of hydrogen-bond donors (Lipinski definition) is 1. The first-order valence-corrected chi connectivity index (χ1v) is 4.18. The summed E-state index contributed by atoms with van der Waals surface area (Å²) < 4.78 is 0. The van der Waals surface area contributed by atoms with Gasteiger partial charge in [-0.15, -0.1) is 11.8 Å². The summed E-state index contributed by atoms with van der Waals surface area (Å²) in [6.07, 6.45) is 3.16. The maximum atomic E-state index is 10.1. The van der Waals surface area contributed by atoms with Crippen molar-refractivity contribution < 1.29 is 4.79 Å². The molecule has 0 spiro atoms. The van der Waals surface area contributed by atoms with Gasteiger partial charge in [-0.1, -0.05) is 0 Å². The van der Waals surface area contributed by atoms with Crippen molar-refractivity contribution in [1.29, 1.82) is 0 Å². The van der Waals surface area contributed by atoms with Crippen LogP contribution in [-0.2, 0) is 4.79 Å². The molecule has 1 rings (SSSR count). The van der Waals surface area contributed by atoms with Gasteiger partial charge in [-0.25, -0.2) is 0 Å². The molecule has 1 heterocycles. The zero-order valence-electron chi connectivity index (χ0n) is 5.22. The summed E-state index contributed by atoms with van der Waals surface area (Å²) in [4.78, 5) is 10.1. The lowest BCUT2D eigenvalue weighted by molar-refractivity contribution is 0.549. The first-order valence-electron chi connectivity index (χ1n) is 3.13. The molecule has 1 saturated heterocycles. The molecule has 1 N–H and O–H groups in total. The van der Waals surface area contributed by atoms with E-state index in [1.165, 1.54) is 6.42 Å². The second-order valence-electron chi connectivity index (χ2n) is 2.03. The minimum Gasteiger partial charge on any atom is -0.315 e. The molecular formula is C6H10NOS. The van der Waals surface area contributed by atoms with Gasteiger partial charge in [0.25, 0.3) is 0 Å². The Morgan fingerprint density at radius 1 is 1.67 bits per heavy atom. The van der Waals surface area contributed by atoms with E-state index in [4.69, 9.17) is 0 Å². The molecule has 0 aliphatic carbocycles. The molecule has 1 atom stereocenters. The monoisotopic (exact) mass is 144 g/mol. The zero-order chi connectivity index (χ0) is 6.53. The SMILES string of the molecule is O=[C]C1CNCCCS1. The molecule has 0 aromatic heterocycles. The van der Waals surface area contributed by atoms with Crippen molar-refractivity contribution in [2.24, 2.45) is 0 Å². The van der Waals surface area contributed by atoms with Gasteiger partial charge in [0, 0.05) is 6.54 Å². The standard InChI is InChI=1S/C6H10NOS/c8-5-6-4-7-2-1-3-9-6/h6-7H,1-4H2. The van der Waals surface area contributed by atoms with Crippen LogP contribution in [0.15, 0.2) is 0 Å². The molecule has 0 aromatic carbocycles. The fraction of sp³-hybridized carbons (Fsp3) is 0.833. The minimum absolute atomic E-state index is 0.0764. The summed E-state index contributed by atoms with van der Waals surface area (Å²) in [5.74, 6) is 1.09. The molecule has 3 heteroatoms. The lowest BCUT2D eigenvalue weighted by Gasteiger charge is -2.01. The maximum Gasteiger partial charge on any atom is 0.213 e. The molecule has 1 aliphatic rings. The van der Waals surface area contributed by atoms with E-state index in [-0.39, 0.29) is 5.25 Å². The van der Waals surface area contributed by atoms with Crippen molar-refractivity contribution >= 4 is 18.0 Å². The average Bonchev–Trinajstić information content (AvgIpc) is 2.13. The molecule has 1 aliphatic heterocycles. The highest BCUT2D eigenvalue weighted by molar-refractivity contribution is 8.00. The van der Waals surface area contributed by atoms with E-state index in [2.05, 4.69) is 5.32 Å². The first kappa shape index (κ1) is 7.09. The number of hydrogen-bond acceptors (Lipinski definition) is 3. The van der Waals surface area contributed by atoms with Crippen LogP contribution in [0.4, 0.5) is 0 Å². The van der Waals surface area contributed by atoms with E-state index in [1.54, 1.807) is 11.8 Å². The predicted molar refractivity (Wildman–Crippen MR) is 39.4 cm³/mol. The van der Waals surface area contributed by atoms with Crippen molar-refractivity contribution in [3.63, 3.8) is 0 Å². The Balaban J connectivity index is 2.26. The second kappa shape index (κ2) is 3.90. The van der Waals surface area contributed by atoms with E-state index in [0.717, 1.165) is 18.8 Å². The molecule has 0 amide bonds. The highest BCUT2D eigenvalue weighted by Crippen LogP contribution is 2.11. The van der Waals surface area contributed by atoms with Crippen LogP contribution in [0.1, 0.15) is 6.42 Å². The molecule has 1 fully saturated rings. The summed E-state index contributed by atoms with van der Waals surface area (Å²) in [6, 6.07) is 0. The van der Waals surface area contributed by atoms with Crippen LogP contribution in [-0.4, -0.2) is 30.4 Å². The van der Waals surface area contributed by atoms with Crippen molar-refractivity contribution in [2.75, 3.05) is 18.8 Å². The van der Waals surface area contributed by atoms with Crippen molar-refractivity contribution in [3.8, 4) is 0 Å². The summed E-state index contributed by atoms with van der Waals surface area (Å²) >= 11 is 1.70. The van der Waals surface area contributed by atoms with Crippen LogP contribution >= 0.6 is 11.8 Å². The highest BCUT2D eigenvalue weighted by Gasteiger charge is 2.10. The first-order chi connectivity index (χ1) is 4.43. The third-order valence-electron chi connectivity index (χ3n) is 1.28. The van der Waals surface area contributed by atoms with Crippen LogP contribution in [0.5, 0.6) is 0 Å². The largest absolute Gasteiger partial charge is 0.315 e. The topological polar surface area (TPSA) is 29.1 Å². The lowest BCUT2D eigenvalue weighted by Crippen LogP contribution is -2.23. The molecule has 0 saturated carbocycles. The third kappa shape index (κ3) is 2.37. The van der Waals surface area contributed by atoms with Gasteiger partial charge in [0.05, 0.1) is 5.25 Å². The smallest absolute Gasteiger partial charge is 0.213 e. The molecule has 51 valence electrons. The molecule has 0 bridgehead atoms. The van der Waals surface area contributed by atoms with Crippen molar-refractivity contribution in [2.45, 2.75) is 11.7 Å². The number of nitrogens with one attached hydrogen (secondary N) is 1. The molecular weight excluding hydrogens is 134 g/mol. The Hall–Kier alpha value is -0.0200. The number of rotatable bonds is 1. The maximum absolute atomic E-state index is 10.1. The van der Waals surface area contributed by atoms with Crippen LogP contribution in [0.3, 0.4) is 0 Å². The van der Waals surface area contributed by atoms with Crippen LogP contribution < -0.4 is 5.32 Å². The lowest BCUT2D eigenvalue weighted by atomic mass is 10.4. The fourth-order valence-corrected chi connectivity index (χ4v) is 1.69. The van der Waals surface area contributed by atoms with Crippen molar-refractivity contribution in [1.82, 2.24) is 5.32 Å². The number of carbonyl (C=O) groups excluding carboxylic acids is 1. The Morgan fingerprint density at radius 3 is 3.33 bits per heavy atom. The van der Waals surface area contributed by atoms with E-state index >= 15 is 0 Å². The fourth-order valence-electron chi connectivity index (χ4n) is 0.791. The van der Waals surface area contributed by atoms with E-state index in [9.17, 15) is 4.79 Å². The summed E-state index contributed by atoms with van der Waals surface area (Å²) in [5, 5.41) is 3.24. The van der Waals surface area contributed by atoms with Gasteiger partial charge in [0.2, 0.25) is 6.29 Å².